The smallest absolute Gasteiger partial charge is 0.317 e. The van der Waals surface area contributed by atoms with Gasteiger partial charge in [-0.3, -0.25) is 9.59 Å². The number of ether oxygens (including phenoxy) is 1. The minimum atomic E-state index is -1.27. The Balaban J connectivity index is 1.75. The predicted molar refractivity (Wildman–Crippen MR) is 86.3 cm³/mol. The van der Waals surface area contributed by atoms with E-state index in [1.165, 1.54) is 11.1 Å². The highest BCUT2D eigenvalue weighted by Gasteiger charge is 2.24. The third-order valence-electron chi connectivity index (χ3n) is 4.18. The number of aliphatic carboxylic acids is 1. The molecule has 0 fully saturated rings. The molecule has 1 aliphatic carbocycles. The first-order valence-corrected chi connectivity index (χ1v) is 7.63. The quantitative estimate of drug-likeness (QED) is 0.428. The average molecular weight is 324 g/mol. The summed E-state index contributed by atoms with van der Waals surface area (Å²) in [6, 6.07) is 13.9. The van der Waals surface area contributed by atoms with Gasteiger partial charge in [-0.05, 0) is 34.2 Å². The molecule has 0 spiro atoms. The number of hydrogen-bond acceptors (Lipinski definition) is 4. The molecule has 122 valence electrons. The first kappa shape index (κ1) is 15.9. The molecule has 0 aliphatic heterocycles. The lowest BCUT2D eigenvalue weighted by molar-refractivity contribution is -0.155. The highest BCUT2D eigenvalue weighted by atomic mass is 16.5. The van der Waals surface area contributed by atoms with Crippen LogP contribution in [0.25, 0.3) is 11.1 Å². The van der Waals surface area contributed by atoms with Crippen molar-refractivity contribution in [1.82, 2.24) is 0 Å². The number of benzene rings is 2. The van der Waals surface area contributed by atoms with Crippen LogP contribution in [0.1, 0.15) is 23.1 Å². The Bertz CT molecular complexity index is 809. The summed E-state index contributed by atoms with van der Waals surface area (Å²) in [6.07, 6.45) is 0.536. The summed E-state index contributed by atoms with van der Waals surface area (Å²) in [5.74, 6) is -3.28. The summed E-state index contributed by atoms with van der Waals surface area (Å²) in [5, 5.41) is 8.71. The molecule has 1 atom stereocenters. The van der Waals surface area contributed by atoms with Gasteiger partial charge >= 0.3 is 11.9 Å². The monoisotopic (exact) mass is 324 g/mol. The second-order valence-electron chi connectivity index (χ2n) is 5.73. The van der Waals surface area contributed by atoms with Gasteiger partial charge in [-0.2, -0.15) is 0 Å². The molecule has 2 aromatic carbocycles. The summed E-state index contributed by atoms with van der Waals surface area (Å²) < 4.78 is 5.17. The maximum atomic E-state index is 11.9. The van der Waals surface area contributed by atoms with Crippen LogP contribution in [0.2, 0.25) is 0 Å². The zero-order valence-corrected chi connectivity index (χ0v) is 12.9. The molecule has 24 heavy (non-hydrogen) atoms. The number of carboxylic acids is 1. The van der Waals surface area contributed by atoms with Crippen LogP contribution in [-0.4, -0.2) is 23.3 Å². The normalized spacial score (nSPS) is 12.8. The molecule has 1 N–H and O–H groups in total. The van der Waals surface area contributed by atoms with Gasteiger partial charge in [-0.15, -0.1) is 0 Å². The average Bonchev–Trinajstić information content (AvgIpc) is 2.96. The highest BCUT2D eigenvalue weighted by Crippen LogP contribution is 2.38. The van der Waals surface area contributed by atoms with Gasteiger partial charge in [0.2, 0.25) is 0 Å². The molecule has 1 aliphatic rings. The zero-order valence-electron chi connectivity index (χ0n) is 12.9. The molecule has 5 heteroatoms. The fourth-order valence-corrected chi connectivity index (χ4v) is 2.99. The van der Waals surface area contributed by atoms with Crippen LogP contribution in [0.4, 0.5) is 0 Å². The van der Waals surface area contributed by atoms with Crippen LogP contribution in [0.5, 0.6) is 0 Å². The number of rotatable bonds is 6. The molecule has 0 unspecified atom stereocenters. The lowest BCUT2D eigenvalue weighted by Crippen LogP contribution is -2.22. The fourth-order valence-electron chi connectivity index (χ4n) is 2.99. The molecule has 0 radical (unpaired) electrons. The fraction of sp³-hybridized carbons (Fsp3) is 0.211. The van der Waals surface area contributed by atoms with Crippen LogP contribution in [-0.2, 0) is 32.1 Å². The highest BCUT2D eigenvalue weighted by molar-refractivity contribution is 5.91. The number of carbonyl (C=O) groups excluding carboxylic acids is 2. The Morgan fingerprint density at radius 1 is 1.12 bits per heavy atom. The Hall–Kier alpha value is -2.95. The van der Waals surface area contributed by atoms with E-state index in [2.05, 4.69) is 12.1 Å². The molecule has 0 amide bonds. The van der Waals surface area contributed by atoms with Crippen LogP contribution in [0.3, 0.4) is 0 Å². The van der Waals surface area contributed by atoms with E-state index in [0.717, 1.165) is 23.1 Å². The summed E-state index contributed by atoms with van der Waals surface area (Å²) >= 11 is 0. The molecular weight excluding hydrogens is 308 g/mol. The molecule has 5 nitrogen and oxygen atoms in total. The topological polar surface area (TPSA) is 80.7 Å². The number of fused-ring (bicyclic) bond motifs is 3. The molecule has 0 saturated heterocycles. The van der Waals surface area contributed by atoms with E-state index in [1.807, 2.05) is 30.3 Å². The lowest BCUT2D eigenvalue weighted by atomic mass is 10.0. The summed E-state index contributed by atoms with van der Waals surface area (Å²) in [6.45, 7) is 0.0277. The second-order valence-corrected chi connectivity index (χ2v) is 5.73. The van der Waals surface area contributed by atoms with Gasteiger partial charge in [0.1, 0.15) is 18.8 Å². The third-order valence-corrected chi connectivity index (χ3v) is 4.18. The molecule has 0 saturated carbocycles. The number of carbonyl (C=O) groups is 3. The van der Waals surface area contributed by atoms with Gasteiger partial charge in [-0.1, -0.05) is 42.5 Å². The van der Waals surface area contributed by atoms with Crippen molar-refractivity contribution >= 4 is 18.2 Å². The standard InChI is InChI=1S/C19H16O5/c20-10-14(9-18(21)22)19(23)24-11-13-5-3-7-16-15-6-2-1-4-12(15)8-17(13)16/h1-7,10,14H,8-9,11H2,(H,21,22)/t14-/m0/s1. The van der Waals surface area contributed by atoms with Gasteiger partial charge < -0.3 is 14.6 Å². The van der Waals surface area contributed by atoms with E-state index < -0.39 is 24.3 Å². The number of esters is 1. The van der Waals surface area contributed by atoms with Crippen molar-refractivity contribution in [3.05, 3.63) is 59.2 Å². The summed E-state index contributed by atoms with van der Waals surface area (Å²) in [5.41, 5.74) is 5.50. The van der Waals surface area contributed by atoms with Crippen molar-refractivity contribution < 1.29 is 24.2 Å². The number of hydrogen-bond donors (Lipinski definition) is 1. The Kier molecular flexibility index (Phi) is 4.42. The summed E-state index contributed by atoms with van der Waals surface area (Å²) in [4.78, 5) is 33.4. The predicted octanol–water partition coefficient (Wildman–Crippen LogP) is 2.59. The van der Waals surface area contributed by atoms with Crippen molar-refractivity contribution in [2.75, 3.05) is 0 Å². The van der Waals surface area contributed by atoms with Crippen molar-refractivity contribution in [1.29, 1.82) is 0 Å². The van der Waals surface area contributed by atoms with Crippen molar-refractivity contribution in [2.45, 2.75) is 19.4 Å². The lowest BCUT2D eigenvalue weighted by Gasteiger charge is -2.11. The maximum absolute atomic E-state index is 11.9. The van der Waals surface area contributed by atoms with E-state index in [9.17, 15) is 14.4 Å². The van der Waals surface area contributed by atoms with Gasteiger partial charge in [-0.25, -0.2) is 0 Å². The minimum absolute atomic E-state index is 0.0277. The van der Waals surface area contributed by atoms with E-state index in [1.54, 1.807) is 0 Å². The van der Waals surface area contributed by atoms with Gasteiger partial charge in [0.05, 0.1) is 6.42 Å². The number of aldehydes is 1. The Labute approximate surface area is 138 Å². The van der Waals surface area contributed by atoms with Crippen LogP contribution in [0.15, 0.2) is 42.5 Å². The molecular formula is C19H16O5. The molecule has 0 bridgehead atoms. The maximum Gasteiger partial charge on any atom is 0.317 e. The largest absolute Gasteiger partial charge is 0.481 e. The first-order chi connectivity index (χ1) is 11.6. The Morgan fingerprint density at radius 2 is 1.88 bits per heavy atom. The van der Waals surface area contributed by atoms with Gasteiger partial charge in [0.25, 0.3) is 0 Å². The van der Waals surface area contributed by atoms with Gasteiger partial charge in [0.15, 0.2) is 0 Å². The Morgan fingerprint density at radius 3 is 2.62 bits per heavy atom. The molecule has 0 heterocycles. The van der Waals surface area contributed by atoms with Gasteiger partial charge in [0, 0.05) is 0 Å². The zero-order chi connectivity index (χ0) is 17.1. The molecule has 3 rings (SSSR count). The molecule has 2 aromatic rings. The summed E-state index contributed by atoms with van der Waals surface area (Å²) in [7, 11) is 0. The SMILES string of the molecule is O=C[C@H](CC(=O)O)C(=O)OCc1cccc2c1Cc1ccccc1-2. The van der Waals surface area contributed by atoms with E-state index in [-0.39, 0.29) is 6.61 Å². The second kappa shape index (κ2) is 6.66. The van der Waals surface area contributed by atoms with Crippen LogP contribution < -0.4 is 0 Å². The van der Waals surface area contributed by atoms with Crippen LogP contribution >= 0.6 is 0 Å². The third kappa shape index (κ3) is 3.06. The van der Waals surface area contributed by atoms with E-state index in [4.69, 9.17) is 9.84 Å². The van der Waals surface area contributed by atoms with Crippen molar-refractivity contribution in [3.63, 3.8) is 0 Å². The first-order valence-electron chi connectivity index (χ1n) is 7.63. The minimum Gasteiger partial charge on any atom is -0.481 e. The van der Waals surface area contributed by atoms with E-state index in [0.29, 0.717) is 6.29 Å². The molecule has 0 aromatic heterocycles. The van der Waals surface area contributed by atoms with E-state index >= 15 is 0 Å². The van der Waals surface area contributed by atoms with Crippen molar-refractivity contribution in [3.8, 4) is 11.1 Å². The van der Waals surface area contributed by atoms with Crippen LogP contribution in [0, 0.1) is 5.92 Å². The number of carboxylic acid groups (broad SMARTS) is 1. The van der Waals surface area contributed by atoms with Crippen molar-refractivity contribution in [2.24, 2.45) is 5.92 Å².